The molecule has 1 aromatic heterocycles. The maximum Gasteiger partial charge on any atom is 0.345 e. The van der Waals surface area contributed by atoms with Crippen molar-refractivity contribution in [2.75, 3.05) is 16.6 Å². The molecule has 0 saturated heterocycles. The molecule has 2 N–H and O–H groups in total. The van der Waals surface area contributed by atoms with Gasteiger partial charge in [0.05, 0.1) is 20.4 Å². The van der Waals surface area contributed by atoms with Gasteiger partial charge in [-0.15, -0.1) is 0 Å². The number of carbonyl (C=O) groups is 2. The van der Waals surface area contributed by atoms with Crippen LogP contribution in [0.5, 0.6) is 0 Å². The van der Waals surface area contributed by atoms with Gasteiger partial charge in [0.1, 0.15) is 6.20 Å². The predicted octanol–water partition coefficient (Wildman–Crippen LogP) is 3.95. The molecule has 0 bridgehead atoms. The van der Waals surface area contributed by atoms with Crippen LogP contribution in [0.3, 0.4) is 0 Å². The number of anilines is 2. The average Bonchev–Trinajstić information content (AvgIpc) is 3.22. The van der Waals surface area contributed by atoms with Gasteiger partial charge >= 0.3 is 11.0 Å². The monoisotopic (exact) mass is 530 g/mol. The van der Waals surface area contributed by atoms with E-state index in [0.717, 1.165) is 12.3 Å². The van der Waals surface area contributed by atoms with Crippen LogP contribution in [0.25, 0.3) is 0 Å². The van der Waals surface area contributed by atoms with Gasteiger partial charge in [0.25, 0.3) is 15.9 Å². The molecule has 15 heteroatoms. The molecule has 3 aromatic rings. The smallest absolute Gasteiger partial charge is 0.345 e. The highest BCUT2D eigenvalue weighted by molar-refractivity contribution is 7.92. The normalized spacial score (nSPS) is 11.0. The molecule has 0 spiro atoms. The summed E-state index contributed by atoms with van der Waals surface area (Å²) in [6.45, 7) is -0.761. The Morgan fingerprint density at radius 3 is 2.48 bits per heavy atom. The fraction of sp³-hybridized carbons (Fsp3) is 0.0556. The molecule has 0 radical (unpaired) electrons. The Balaban J connectivity index is 1.67. The van der Waals surface area contributed by atoms with Crippen LogP contribution in [0.4, 0.5) is 15.8 Å². The summed E-state index contributed by atoms with van der Waals surface area (Å²) in [6.07, 6.45) is 0.968. The summed E-state index contributed by atoms with van der Waals surface area (Å²) in [6, 6.07) is 9.31. The van der Waals surface area contributed by atoms with Crippen LogP contribution in [0, 0.1) is 10.1 Å². The Morgan fingerprint density at radius 2 is 1.85 bits per heavy atom. The van der Waals surface area contributed by atoms with Crippen LogP contribution in [0.1, 0.15) is 10.4 Å². The predicted molar refractivity (Wildman–Crippen MR) is 121 cm³/mol. The molecule has 0 saturated carbocycles. The number of sulfonamides is 1. The maximum atomic E-state index is 12.6. The molecule has 1 amide bonds. The van der Waals surface area contributed by atoms with Crippen LogP contribution >= 0.6 is 34.5 Å². The van der Waals surface area contributed by atoms with E-state index in [4.69, 9.17) is 27.9 Å². The highest BCUT2D eigenvalue weighted by atomic mass is 35.5. The molecule has 0 aliphatic rings. The van der Waals surface area contributed by atoms with Gasteiger partial charge in [-0.1, -0.05) is 23.2 Å². The highest BCUT2D eigenvalue weighted by Crippen LogP contribution is 2.26. The number of rotatable bonds is 8. The van der Waals surface area contributed by atoms with Crippen molar-refractivity contribution in [2.24, 2.45) is 0 Å². The van der Waals surface area contributed by atoms with Crippen LogP contribution in [-0.4, -0.2) is 36.8 Å². The van der Waals surface area contributed by atoms with Crippen molar-refractivity contribution in [3.63, 3.8) is 0 Å². The molecule has 0 fully saturated rings. The van der Waals surface area contributed by atoms with Crippen molar-refractivity contribution in [3.05, 3.63) is 74.4 Å². The van der Waals surface area contributed by atoms with Gasteiger partial charge in [-0.3, -0.25) is 24.9 Å². The fourth-order valence-electron chi connectivity index (χ4n) is 2.33. The summed E-state index contributed by atoms with van der Waals surface area (Å²) in [5, 5.41) is 12.9. The second kappa shape index (κ2) is 10.1. The molecule has 172 valence electrons. The second-order valence-corrected chi connectivity index (χ2v) is 9.67. The van der Waals surface area contributed by atoms with Crippen molar-refractivity contribution < 1.29 is 27.7 Å². The third-order valence-corrected chi connectivity index (χ3v) is 6.64. The Kier molecular flexibility index (Phi) is 7.48. The lowest BCUT2D eigenvalue weighted by Gasteiger charge is -2.11. The Labute approximate surface area is 200 Å². The van der Waals surface area contributed by atoms with Crippen molar-refractivity contribution in [2.45, 2.75) is 4.90 Å². The van der Waals surface area contributed by atoms with Crippen molar-refractivity contribution >= 4 is 72.3 Å². The summed E-state index contributed by atoms with van der Waals surface area (Å²) in [5.41, 5.74) is -0.0362. The first-order valence-electron chi connectivity index (χ1n) is 8.70. The topological polar surface area (TPSA) is 158 Å². The number of benzene rings is 2. The lowest BCUT2D eigenvalue weighted by molar-refractivity contribution is -0.380. The number of nitro groups is 1. The summed E-state index contributed by atoms with van der Waals surface area (Å²) in [7, 11) is -4.08. The number of amides is 1. The van der Waals surface area contributed by atoms with E-state index >= 15 is 0 Å². The molecular weight excluding hydrogens is 519 g/mol. The molecule has 33 heavy (non-hydrogen) atoms. The number of nitrogens with zero attached hydrogens (tertiary/aromatic N) is 2. The number of hydrogen-bond donors (Lipinski definition) is 2. The van der Waals surface area contributed by atoms with E-state index in [1.807, 2.05) is 0 Å². The van der Waals surface area contributed by atoms with Crippen LogP contribution in [-0.2, 0) is 19.6 Å². The minimum absolute atomic E-state index is 0.0536. The molecule has 11 nitrogen and oxygen atoms in total. The van der Waals surface area contributed by atoms with E-state index in [1.54, 1.807) is 0 Å². The van der Waals surface area contributed by atoms with E-state index in [9.17, 15) is 28.1 Å². The van der Waals surface area contributed by atoms with Gasteiger partial charge in [0.15, 0.2) is 11.7 Å². The number of carbonyl (C=O) groups excluding carboxylic acids is 2. The van der Waals surface area contributed by atoms with Crippen molar-refractivity contribution in [1.82, 2.24) is 4.98 Å². The number of halogens is 2. The Morgan fingerprint density at radius 1 is 1.15 bits per heavy atom. The average molecular weight is 531 g/mol. The van der Waals surface area contributed by atoms with Crippen LogP contribution in [0.15, 0.2) is 53.6 Å². The number of aromatic nitrogens is 1. The number of esters is 1. The van der Waals surface area contributed by atoms with Crippen LogP contribution < -0.4 is 10.0 Å². The summed E-state index contributed by atoms with van der Waals surface area (Å²) >= 11 is 12.4. The van der Waals surface area contributed by atoms with Gasteiger partial charge in [-0.2, -0.15) is 0 Å². The largest absolute Gasteiger partial charge is 0.452 e. The minimum Gasteiger partial charge on any atom is -0.452 e. The molecule has 0 aliphatic heterocycles. The van der Waals surface area contributed by atoms with Gasteiger partial charge in [0.2, 0.25) is 0 Å². The molecule has 0 aliphatic carbocycles. The number of hydrogen-bond acceptors (Lipinski definition) is 9. The lowest BCUT2D eigenvalue weighted by atomic mass is 10.2. The van der Waals surface area contributed by atoms with Gasteiger partial charge < -0.3 is 4.74 Å². The zero-order valence-electron chi connectivity index (χ0n) is 16.2. The lowest BCUT2D eigenvalue weighted by Crippen LogP contribution is -2.21. The molecule has 0 atom stereocenters. The zero-order valence-corrected chi connectivity index (χ0v) is 19.3. The van der Waals surface area contributed by atoms with Gasteiger partial charge in [-0.05, 0) is 53.8 Å². The van der Waals surface area contributed by atoms with Crippen molar-refractivity contribution in [3.8, 4) is 0 Å². The number of ether oxygens (including phenoxy) is 1. The Bertz CT molecular complexity index is 1330. The first-order chi connectivity index (χ1) is 15.5. The molecule has 2 aromatic carbocycles. The molecule has 0 unspecified atom stereocenters. The maximum absolute atomic E-state index is 12.6. The molecule has 3 rings (SSSR count). The standard InChI is InChI=1S/C18H12Cl2N4O7S2/c19-10-1-3-11(4-2-10)23-33(29,30)12-5-6-14(20)13(7-12)17(26)31-9-15(25)22-18-21-8-16(32-18)24(27)28/h1-8,23H,9H2,(H,21,22,25). The van der Waals surface area contributed by atoms with E-state index < -0.39 is 33.4 Å². The van der Waals surface area contributed by atoms with Gasteiger partial charge in [0, 0.05) is 10.7 Å². The fourth-order valence-corrected chi connectivity index (χ4v) is 4.39. The molecular formula is C18H12Cl2N4O7S2. The minimum atomic E-state index is -4.08. The third-order valence-electron chi connectivity index (χ3n) is 3.82. The summed E-state index contributed by atoms with van der Waals surface area (Å²) in [5.74, 6) is -1.86. The second-order valence-electron chi connectivity index (χ2n) is 6.14. The molecule has 1 heterocycles. The van der Waals surface area contributed by atoms with Crippen molar-refractivity contribution in [1.29, 1.82) is 0 Å². The van der Waals surface area contributed by atoms with E-state index in [-0.39, 0.29) is 31.3 Å². The first kappa shape index (κ1) is 24.4. The van der Waals surface area contributed by atoms with Crippen LogP contribution in [0.2, 0.25) is 10.0 Å². The Hall–Kier alpha value is -3.26. The van der Waals surface area contributed by atoms with Gasteiger partial charge in [-0.25, -0.2) is 18.2 Å². The SMILES string of the molecule is O=C(COC(=O)c1cc(S(=O)(=O)Nc2ccc(Cl)cc2)ccc1Cl)Nc1ncc([N+](=O)[O-])s1. The third kappa shape index (κ3) is 6.38. The quantitative estimate of drug-likeness (QED) is 0.251. The highest BCUT2D eigenvalue weighted by Gasteiger charge is 2.21. The van der Waals surface area contributed by atoms with E-state index in [0.29, 0.717) is 16.4 Å². The number of thiazole rings is 1. The first-order valence-corrected chi connectivity index (χ1v) is 11.8. The van der Waals surface area contributed by atoms with E-state index in [1.165, 1.54) is 36.4 Å². The number of nitrogens with one attached hydrogen (secondary N) is 2. The summed E-state index contributed by atoms with van der Waals surface area (Å²) in [4.78, 5) is 37.7. The zero-order chi connectivity index (χ0) is 24.2. The van der Waals surface area contributed by atoms with E-state index in [2.05, 4.69) is 15.0 Å². The summed E-state index contributed by atoms with van der Waals surface area (Å²) < 4.78 is 32.5.